The van der Waals surface area contributed by atoms with Gasteiger partial charge in [0.25, 0.3) is 0 Å². The van der Waals surface area contributed by atoms with E-state index in [0.717, 1.165) is 11.1 Å². The highest BCUT2D eigenvalue weighted by Gasteiger charge is 2.27. The van der Waals surface area contributed by atoms with E-state index in [1.165, 1.54) is 6.26 Å². The first kappa shape index (κ1) is 19.0. The Morgan fingerprint density at radius 3 is 2.11 bits per heavy atom. The first-order valence-electron chi connectivity index (χ1n) is 8.75. The van der Waals surface area contributed by atoms with Crippen molar-refractivity contribution in [1.29, 1.82) is 0 Å². The van der Waals surface area contributed by atoms with Crippen molar-refractivity contribution in [3.05, 3.63) is 83.6 Å². The standard InChI is InChI=1S/C23H22O3S/c1-23(2,3)15-14-21-19(16-18-10-6-4-7-11-18)17-26-22(21)27(24,25)20-12-8-5-9-13-20/h4-13,17H,16H2,1-3H3. The summed E-state index contributed by atoms with van der Waals surface area (Å²) in [7, 11) is -3.78. The Morgan fingerprint density at radius 2 is 1.52 bits per heavy atom. The van der Waals surface area contributed by atoms with Crippen molar-refractivity contribution in [2.45, 2.75) is 37.2 Å². The minimum atomic E-state index is -3.78. The molecule has 0 amide bonds. The Balaban J connectivity index is 2.13. The molecule has 138 valence electrons. The smallest absolute Gasteiger partial charge is 0.240 e. The van der Waals surface area contributed by atoms with E-state index in [0.29, 0.717) is 12.0 Å². The molecule has 4 heteroatoms. The van der Waals surface area contributed by atoms with Gasteiger partial charge in [0.15, 0.2) is 0 Å². The normalized spacial score (nSPS) is 11.7. The maximum absolute atomic E-state index is 13.1. The van der Waals surface area contributed by atoms with Crippen LogP contribution in [0.3, 0.4) is 0 Å². The van der Waals surface area contributed by atoms with Crippen molar-refractivity contribution < 1.29 is 12.8 Å². The minimum Gasteiger partial charge on any atom is -0.451 e. The van der Waals surface area contributed by atoms with E-state index in [9.17, 15) is 8.42 Å². The molecule has 0 spiro atoms. The maximum Gasteiger partial charge on any atom is 0.240 e. The van der Waals surface area contributed by atoms with Gasteiger partial charge < -0.3 is 4.42 Å². The molecule has 0 saturated carbocycles. The van der Waals surface area contributed by atoms with Gasteiger partial charge >= 0.3 is 0 Å². The summed E-state index contributed by atoms with van der Waals surface area (Å²) in [6.45, 7) is 5.97. The molecule has 1 heterocycles. The van der Waals surface area contributed by atoms with Crippen molar-refractivity contribution in [2.75, 3.05) is 0 Å². The lowest BCUT2D eigenvalue weighted by Gasteiger charge is -2.08. The number of hydrogen-bond donors (Lipinski definition) is 0. The van der Waals surface area contributed by atoms with Crippen LogP contribution in [-0.4, -0.2) is 8.42 Å². The van der Waals surface area contributed by atoms with Crippen molar-refractivity contribution >= 4 is 9.84 Å². The van der Waals surface area contributed by atoms with Crippen LogP contribution in [0, 0.1) is 17.3 Å². The monoisotopic (exact) mass is 378 g/mol. The Morgan fingerprint density at radius 1 is 0.926 bits per heavy atom. The lowest BCUT2D eigenvalue weighted by atomic mass is 9.97. The molecule has 2 aromatic carbocycles. The van der Waals surface area contributed by atoms with Gasteiger partial charge in [-0.15, -0.1) is 0 Å². The van der Waals surface area contributed by atoms with Gasteiger partial charge in [0, 0.05) is 17.4 Å². The number of furan rings is 1. The number of benzene rings is 2. The summed E-state index contributed by atoms with van der Waals surface area (Å²) in [5.74, 6) is 6.21. The molecule has 1 aromatic heterocycles. The number of rotatable bonds is 4. The third-order valence-electron chi connectivity index (χ3n) is 3.93. The number of sulfone groups is 1. The second-order valence-corrected chi connectivity index (χ2v) is 9.25. The summed E-state index contributed by atoms with van der Waals surface area (Å²) in [6.07, 6.45) is 2.07. The molecule has 3 rings (SSSR count). The fourth-order valence-corrected chi connectivity index (χ4v) is 3.96. The molecule has 0 aliphatic carbocycles. The Bertz CT molecular complexity index is 1080. The molecule has 0 radical (unpaired) electrons. The predicted octanol–water partition coefficient (Wildman–Crippen LogP) is 5.10. The average molecular weight is 378 g/mol. The highest BCUT2D eigenvalue weighted by atomic mass is 32.2. The summed E-state index contributed by atoms with van der Waals surface area (Å²) in [5.41, 5.74) is 2.03. The third-order valence-corrected chi connectivity index (χ3v) is 5.61. The molecule has 0 N–H and O–H groups in total. The largest absolute Gasteiger partial charge is 0.451 e. The van der Waals surface area contributed by atoms with Crippen LogP contribution in [0.2, 0.25) is 0 Å². The second kappa shape index (κ2) is 7.46. The highest BCUT2D eigenvalue weighted by molar-refractivity contribution is 7.91. The van der Waals surface area contributed by atoms with Crippen LogP contribution in [0.1, 0.15) is 37.5 Å². The first-order valence-corrected chi connectivity index (χ1v) is 10.2. The Kier molecular flexibility index (Phi) is 5.25. The summed E-state index contributed by atoms with van der Waals surface area (Å²) >= 11 is 0. The van der Waals surface area contributed by atoms with Crippen molar-refractivity contribution in [3.63, 3.8) is 0 Å². The fourth-order valence-electron chi connectivity index (χ4n) is 2.61. The SMILES string of the molecule is CC(C)(C)C#Cc1c(Cc2ccccc2)coc1S(=O)(=O)c1ccccc1. The van der Waals surface area contributed by atoms with Crippen molar-refractivity contribution in [3.8, 4) is 11.8 Å². The molecular formula is C23H22O3S. The van der Waals surface area contributed by atoms with Crippen LogP contribution in [0.15, 0.2) is 81.3 Å². The Hall–Kier alpha value is -2.77. The quantitative estimate of drug-likeness (QED) is 0.593. The van der Waals surface area contributed by atoms with E-state index in [-0.39, 0.29) is 15.4 Å². The third kappa shape index (κ3) is 4.50. The molecule has 0 fully saturated rings. The van der Waals surface area contributed by atoms with Gasteiger partial charge in [-0.1, -0.05) is 60.4 Å². The second-order valence-electron chi connectivity index (χ2n) is 7.40. The topological polar surface area (TPSA) is 47.3 Å². The molecule has 27 heavy (non-hydrogen) atoms. The van der Waals surface area contributed by atoms with Gasteiger partial charge in [0.1, 0.15) is 0 Å². The van der Waals surface area contributed by atoms with Crippen molar-refractivity contribution in [2.24, 2.45) is 5.41 Å². The fraction of sp³-hybridized carbons (Fsp3) is 0.217. The van der Waals surface area contributed by atoms with Gasteiger partial charge in [0.05, 0.1) is 16.7 Å². The maximum atomic E-state index is 13.1. The van der Waals surface area contributed by atoms with Crippen LogP contribution in [-0.2, 0) is 16.3 Å². The molecule has 0 bridgehead atoms. The molecular weight excluding hydrogens is 356 g/mol. The zero-order valence-electron chi connectivity index (χ0n) is 15.7. The molecule has 0 aliphatic heterocycles. The summed E-state index contributed by atoms with van der Waals surface area (Å²) in [4.78, 5) is 0.199. The van der Waals surface area contributed by atoms with Crippen LogP contribution in [0.25, 0.3) is 0 Å². The lowest BCUT2D eigenvalue weighted by Crippen LogP contribution is -2.04. The summed E-state index contributed by atoms with van der Waals surface area (Å²) in [6, 6.07) is 18.2. The molecule has 0 unspecified atom stereocenters. The van der Waals surface area contributed by atoms with Gasteiger partial charge in [0.2, 0.25) is 14.9 Å². The predicted molar refractivity (Wildman–Crippen MR) is 106 cm³/mol. The summed E-state index contributed by atoms with van der Waals surface area (Å²) in [5, 5.41) is -0.0867. The summed E-state index contributed by atoms with van der Waals surface area (Å²) < 4.78 is 31.7. The van der Waals surface area contributed by atoms with E-state index >= 15 is 0 Å². The zero-order valence-corrected chi connectivity index (χ0v) is 16.5. The van der Waals surface area contributed by atoms with E-state index in [1.807, 2.05) is 51.1 Å². The first-order chi connectivity index (χ1) is 12.8. The average Bonchev–Trinajstić information content (AvgIpc) is 3.04. The van der Waals surface area contributed by atoms with Crippen LogP contribution in [0.5, 0.6) is 0 Å². The Labute approximate surface area is 161 Å². The zero-order chi connectivity index (χ0) is 19.5. The van der Waals surface area contributed by atoms with Crippen molar-refractivity contribution in [1.82, 2.24) is 0 Å². The van der Waals surface area contributed by atoms with Crippen LogP contribution < -0.4 is 0 Å². The molecule has 0 atom stereocenters. The molecule has 0 aliphatic rings. The van der Waals surface area contributed by atoms with E-state index in [1.54, 1.807) is 30.3 Å². The van der Waals surface area contributed by atoms with Crippen LogP contribution >= 0.6 is 0 Å². The van der Waals surface area contributed by atoms with E-state index in [4.69, 9.17) is 4.42 Å². The van der Waals surface area contributed by atoms with Crippen LogP contribution in [0.4, 0.5) is 0 Å². The van der Waals surface area contributed by atoms with Gasteiger partial charge in [-0.05, 0) is 38.5 Å². The van der Waals surface area contributed by atoms with Gasteiger partial charge in [-0.25, -0.2) is 8.42 Å². The van der Waals surface area contributed by atoms with Gasteiger partial charge in [-0.3, -0.25) is 0 Å². The molecule has 3 aromatic rings. The number of hydrogen-bond acceptors (Lipinski definition) is 3. The molecule has 3 nitrogen and oxygen atoms in total. The minimum absolute atomic E-state index is 0.0867. The van der Waals surface area contributed by atoms with E-state index < -0.39 is 9.84 Å². The lowest BCUT2D eigenvalue weighted by molar-refractivity contribution is 0.448. The highest BCUT2D eigenvalue weighted by Crippen LogP contribution is 2.29. The van der Waals surface area contributed by atoms with Gasteiger partial charge in [-0.2, -0.15) is 0 Å². The van der Waals surface area contributed by atoms with E-state index in [2.05, 4.69) is 11.8 Å². The molecule has 0 saturated heterocycles.